The van der Waals surface area contributed by atoms with E-state index in [0.29, 0.717) is 0 Å². The maximum Gasteiger partial charge on any atom is 2.00 e. The summed E-state index contributed by atoms with van der Waals surface area (Å²) in [5, 5.41) is 2.09. The van der Waals surface area contributed by atoms with Gasteiger partial charge in [0.25, 0.3) is 0 Å². The molecule has 37 heavy (non-hydrogen) atoms. The van der Waals surface area contributed by atoms with Crippen LogP contribution in [0.3, 0.4) is 0 Å². The number of aromatic nitrogens is 2. The molecule has 0 spiro atoms. The van der Waals surface area contributed by atoms with Crippen molar-refractivity contribution in [1.29, 1.82) is 0 Å². The second-order valence-electron chi connectivity index (χ2n) is 9.99. The summed E-state index contributed by atoms with van der Waals surface area (Å²) in [5.74, 6) is 0. The Hall–Kier alpha value is -2.91. The van der Waals surface area contributed by atoms with E-state index in [1.54, 1.807) is 11.3 Å². The molecule has 0 unspecified atom stereocenters. The fourth-order valence-corrected chi connectivity index (χ4v) is 5.78. The number of pyridine rings is 1. The van der Waals surface area contributed by atoms with Gasteiger partial charge in [-0.15, -0.1) is 29.8 Å². The van der Waals surface area contributed by atoms with E-state index in [4.69, 9.17) is 22.6 Å². The Labute approximate surface area is 241 Å². The molecule has 0 saturated carbocycles. The first-order valence-corrected chi connectivity index (χ1v) is 13.2. The molecule has 6 rings (SSSR count). The van der Waals surface area contributed by atoms with E-state index in [1.165, 1.54) is 5.56 Å². The maximum atomic E-state index is 5.61. The minimum absolute atomic E-state index is 0. The molecule has 0 aliphatic heterocycles. The first kappa shape index (κ1) is 25.7. The molecule has 0 aliphatic rings. The molecule has 0 fully saturated rings. The van der Waals surface area contributed by atoms with Crippen LogP contribution in [0.25, 0.3) is 53.9 Å². The number of thiazole rings is 1. The molecule has 2 nitrogen and oxygen atoms in total. The quantitative estimate of drug-likeness (QED) is 0.137. The van der Waals surface area contributed by atoms with Gasteiger partial charge < -0.3 is 12.6 Å². The van der Waals surface area contributed by atoms with Crippen molar-refractivity contribution in [2.75, 3.05) is 0 Å². The van der Waals surface area contributed by atoms with Gasteiger partial charge >= 0.3 is 21.1 Å². The van der Waals surface area contributed by atoms with Gasteiger partial charge in [0.2, 0.25) is 0 Å². The Balaban J connectivity index is 0.00000280. The Morgan fingerprint density at radius 3 is 2.32 bits per heavy atom. The monoisotopic (exact) mass is 695 g/mol. The van der Waals surface area contributed by atoms with Crippen molar-refractivity contribution in [3.05, 3.63) is 103 Å². The van der Waals surface area contributed by atoms with Gasteiger partial charge in [-0.2, -0.15) is 16.2 Å². The van der Waals surface area contributed by atoms with E-state index in [-0.39, 0.29) is 26.5 Å². The van der Waals surface area contributed by atoms with Crippen LogP contribution < -0.4 is 0 Å². The van der Waals surface area contributed by atoms with Crippen molar-refractivity contribution in [3.8, 4) is 32.8 Å². The van der Waals surface area contributed by atoms with Gasteiger partial charge in [-0.05, 0) is 34.1 Å². The normalized spacial score (nSPS) is 11.5. The van der Waals surface area contributed by atoms with Crippen molar-refractivity contribution in [1.82, 2.24) is 9.97 Å². The third kappa shape index (κ3) is 4.86. The van der Waals surface area contributed by atoms with Gasteiger partial charge in [0, 0.05) is 22.0 Å². The SMILES string of the molecule is CC(C)(C)c1cc(-c2[c-]c(-c3nc4c(-c5ccccc5[S-])cccc4s3)ccc2)c2ncccc2c1.[Pt+2]. The molecule has 184 valence electrons. The summed E-state index contributed by atoms with van der Waals surface area (Å²) < 4.78 is 1.14. The molecule has 0 saturated heterocycles. The smallest absolute Gasteiger partial charge is 0.779 e. The second kappa shape index (κ2) is 10.1. The molecule has 6 aromatic rings. The van der Waals surface area contributed by atoms with Crippen molar-refractivity contribution in [2.45, 2.75) is 31.1 Å². The van der Waals surface area contributed by atoms with Crippen LogP contribution in [-0.2, 0) is 39.1 Å². The van der Waals surface area contributed by atoms with E-state index in [9.17, 15) is 0 Å². The van der Waals surface area contributed by atoms with Gasteiger partial charge in [0.15, 0.2) is 0 Å². The molecule has 5 heteroatoms. The second-order valence-corrected chi connectivity index (χ2v) is 11.5. The minimum Gasteiger partial charge on any atom is -0.779 e. The van der Waals surface area contributed by atoms with Crippen LogP contribution in [0.4, 0.5) is 0 Å². The molecular weight excluding hydrogens is 672 g/mol. The molecule has 2 aromatic heterocycles. The minimum atomic E-state index is 0. The average Bonchev–Trinajstić information content (AvgIpc) is 3.33. The number of rotatable bonds is 3. The topological polar surface area (TPSA) is 25.8 Å². The predicted octanol–water partition coefficient (Wildman–Crippen LogP) is 8.85. The van der Waals surface area contributed by atoms with Gasteiger partial charge in [-0.3, -0.25) is 9.97 Å². The van der Waals surface area contributed by atoms with Crippen LogP contribution in [0.2, 0.25) is 0 Å². The Bertz CT molecular complexity index is 1750. The number of nitrogens with zero attached hydrogens (tertiary/aromatic N) is 2. The average molecular weight is 696 g/mol. The van der Waals surface area contributed by atoms with Crippen LogP contribution in [0, 0.1) is 6.07 Å². The van der Waals surface area contributed by atoms with Crippen LogP contribution in [0.5, 0.6) is 0 Å². The van der Waals surface area contributed by atoms with Crippen LogP contribution >= 0.6 is 11.3 Å². The number of fused-ring (bicyclic) bond motifs is 2. The largest absolute Gasteiger partial charge is 2.00 e. The molecule has 0 bridgehead atoms. The first-order chi connectivity index (χ1) is 17.4. The van der Waals surface area contributed by atoms with Crippen molar-refractivity contribution in [3.63, 3.8) is 0 Å². The number of para-hydroxylation sites is 1. The molecule has 0 N–H and O–H groups in total. The maximum absolute atomic E-state index is 5.61. The first-order valence-electron chi connectivity index (χ1n) is 12.0. The van der Waals surface area contributed by atoms with E-state index in [2.05, 4.69) is 87.5 Å². The standard InChI is InChI=1S/C32H25N2S2.Pt/c1-32(2,3)23-18-21-11-8-16-33-29(21)26(19-23)20-9-6-10-22(17-20)31-34-30-25(13-7-15-28(30)36-31)24-12-4-5-14-27(24)35;/h4-16,18-19,35H,1-3H3;/q-1;+2/p-1. The van der Waals surface area contributed by atoms with Crippen molar-refractivity contribution in [2.24, 2.45) is 0 Å². The Morgan fingerprint density at radius 1 is 0.757 bits per heavy atom. The van der Waals surface area contributed by atoms with Crippen LogP contribution in [0.15, 0.2) is 96.0 Å². The van der Waals surface area contributed by atoms with Gasteiger partial charge in [-0.25, -0.2) is 0 Å². The molecule has 2 heterocycles. The molecule has 4 aromatic carbocycles. The fraction of sp³-hybridized carbons (Fsp3) is 0.125. The number of hydrogen-bond acceptors (Lipinski definition) is 4. The molecule has 0 aliphatic carbocycles. The van der Waals surface area contributed by atoms with E-state index < -0.39 is 0 Å². The van der Waals surface area contributed by atoms with Crippen LogP contribution in [-0.4, -0.2) is 9.97 Å². The van der Waals surface area contributed by atoms with Gasteiger partial charge in [0.1, 0.15) is 0 Å². The zero-order chi connectivity index (χ0) is 24.9. The zero-order valence-electron chi connectivity index (χ0n) is 20.7. The molecule has 0 amide bonds. The zero-order valence-corrected chi connectivity index (χ0v) is 24.6. The number of benzene rings is 4. The predicted molar refractivity (Wildman–Crippen MR) is 154 cm³/mol. The molecule has 0 radical (unpaired) electrons. The summed E-state index contributed by atoms with van der Waals surface area (Å²) in [7, 11) is 0. The summed E-state index contributed by atoms with van der Waals surface area (Å²) in [6.07, 6.45) is 1.86. The van der Waals surface area contributed by atoms with E-state index in [0.717, 1.165) is 58.8 Å². The van der Waals surface area contributed by atoms with E-state index in [1.807, 2.05) is 30.5 Å². The molecule has 0 atom stereocenters. The third-order valence-corrected chi connectivity index (χ3v) is 7.89. The summed E-state index contributed by atoms with van der Waals surface area (Å²) in [4.78, 5) is 10.6. The summed E-state index contributed by atoms with van der Waals surface area (Å²) in [5.41, 5.74) is 8.51. The van der Waals surface area contributed by atoms with Crippen LogP contribution in [0.1, 0.15) is 26.3 Å². The Morgan fingerprint density at radius 2 is 1.51 bits per heavy atom. The van der Waals surface area contributed by atoms with Crippen molar-refractivity contribution >= 4 is 45.1 Å². The summed E-state index contributed by atoms with van der Waals surface area (Å²) in [6.45, 7) is 6.73. The third-order valence-electron chi connectivity index (χ3n) is 6.48. The Kier molecular flexibility index (Phi) is 7.02. The van der Waals surface area contributed by atoms with Gasteiger partial charge in [0.05, 0.1) is 10.5 Å². The van der Waals surface area contributed by atoms with Crippen molar-refractivity contribution < 1.29 is 21.1 Å². The van der Waals surface area contributed by atoms with Gasteiger partial charge in [-0.1, -0.05) is 86.5 Å². The van der Waals surface area contributed by atoms with E-state index >= 15 is 0 Å². The summed E-state index contributed by atoms with van der Waals surface area (Å²) >= 11 is 7.30. The fourth-order valence-electron chi connectivity index (χ4n) is 4.55. The molecular formula is C32H24N2PtS2. The summed E-state index contributed by atoms with van der Waals surface area (Å²) in [6, 6.07) is 33.0. The number of hydrogen-bond donors (Lipinski definition) is 0.